The van der Waals surface area contributed by atoms with Crippen molar-refractivity contribution in [2.75, 3.05) is 10.6 Å². The van der Waals surface area contributed by atoms with E-state index in [0.717, 1.165) is 11.3 Å². The van der Waals surface area contributed by atoms with Crippen LogP contribution in [0.15, 0.2) is 36.7 Å². The zero-order valence-electron chi connectivity index (χ0n) is 11.4. The number of carbonyl (C=O) groups excluding carboxylic acids is 2. The molecule has 3 N–H and O–H groups in total. The van der Waals surface area contributed by atoms with Crippen LogP contribution in [-0.4, -0.2) is 22.0 Å². The van der Waals surface area contributed by atoms with E-state index in [-0.39, 0.29) is 17.7 Å². The number of nitrogens with one attached hydrogen (secondary N) is 3. The van der Waals surface area contributed by atoms with Gasteiger partial charge in [0.25, 0.3) is 0 Å². The number of aromatic amines is 1. The first kappa shape index (κ1) is 13.4. The van der Waals surface area contributed by atoms with Crippen molar-refractivity contribution in [3.63, 3.8) is 0 Å². The minimum atomic E-state index is -0.157. The molecule has 2 aromatic rings. The van der Waals surface area contributed by atoms with Crippen LogP contribution in [0, 0.1) is 5.92 Å². The molecular weight excluding hydrogens is 268 g/mol. The van der Waals surface area contributed by atoms with E-state index in [0.29, 0.717) is 24.9 Å². The van der Waals surface area contributed by atoms with Crippen molar-refractivity contribution < 1.29 is 9.59 Å². The zero-order chi connectivity index (χ0) is 14.7. The van der Waals surface area contributed by atoms with Crippen molar-refractivity contribution >= 4 is 23.2 Å². The molecule has 0 fully saturated rings. The number of amides is 2. The Bertz CT molecular complexity index is 651. The van der Waals surface area contributed by atoms with Gasteiger partial charge in [-0.05, 0) is 24.5 Å². The molecule has 6 heteroatoms. The van der Waals surface area contributed by atoms with Crippen LogP contribution >= 0.6 is 0 Å². The van der Waals surface area contributed by atoms with Crippen LogP contribution in [0.3, 0.4) is 0 Å². The number of rotatable bonds is 4. The van der Waals surface area contributed by atoms with Gasteiger partial charge in [-0.25, -0.2) is 0 Å². The van der Waals surface area contributed by atoms with Crippen molar-refractivity contribution in [2.45, 2.75) is 19.3 Å². The fourth-order valence-electron chi connectivity index (χ4n) is 2.49. The average molecular weight is 284 g/mol. The first-order chi connectivity index (χ1) is 10.2. The van der Waals surface area contributed by atoms with Crippen molar-refractivity contribution in [3.05, 3.63) is 42.2 Å². The summed E-state index contributed by atoms with van der Waals surface area (Å²) >= 11 is 0. The molecular formula is C15H16N4O2. The van der Waals surface area contributed by atoms with Gasteiger partial charge in [-0.2, -0.15) is 5.10 Å². The summed E-state index contributed by atoms with van der Waals surface area (Å²) in [5.74, 6) is -0.275. The number of nitrogens with zero attached hydrogens (tertiary/aromatic N) is 1. The van der Waals surface area contributed by atoms with E-state index in [1.54, 1.807) is 12.4 Å². The molecule has 2 heterocycles. The van der Waals surface area contributed by atoms with Gasteiger partial charge in [0.15, 0.2) is 0 Å². The van der Waals surface area contributed by atoms with E-state index < -0.39 is 0 Å². The lowest BCUT2D eigenvalue weighted by Gasteiger charge is -2.24. The molecule has 21 heavy (non-hydrogen) atoms. The Kier molecular flexibility index (Phi) is 3.68. The monoisotopic (exact) mass is 284 g/mol. The Morgan fingerprint density at radius 3 is 3.05 bits per heavy atom. The predicted molar refractivity (Wildman–Crippen MR) is 78.7 cm³/mol. The summed E-state index contributed by atoms with van der Waals surface area (Å²) in [5.41, 5.74) is 2.64. The number of H-pyrrole nitrogens is 1. The van der Waals surface area contributed by atoms with Gasteiger partial charge < -0.3 is 10.6 Å². The lowest BCUT2D eigenvalue weighted by atomic mass is 9.89. The molecule has 1 aromatic heterocycles. The van der Waals surface area contributed by atoms with E-state index >= 15 is 0 Å². The van der Waals surface area contributed by atoms with Crippen molar-refractivity contribution in [2.24, 2.45) is 5.92 Å². The summed E-state index contributed by atoms with van der Waals surface area (Å²) in [6.45, 7) is 0. The molecule has 0 bridgehead atoms. The second-order valence-electron chi connectivity index (χ2n) is 5.12. The Morgan fingerprint density at radius 1 is 1.38 bits per heavy atom. The molecule has 1 atom stereocenters. The quantitative estimate of drug-likeness (QED) is 0.801. The Hall–Kier alpha value is -2.63. The van der Waals surface area contributed by atoms with Crippen LogP contribution < -0.4 is 10.6 Å². The lowest BCUT2D eigenvalue weighted by molar-refractivity contribution is -0.121. The van der Waals surface area contributed by atoms with Gasteiger partial charge in [-0.15, -0.1) is 0 Å². The molecule has 1 aromatic carbocycles. The maximum absolute atomic E-state index is 12.0. The average Bonchev–Trinajstić information content (AvgIpc) is 2.98. The smallest absolute Gasteiger partial charge is 0.227 e. The Labute approximate surface area is 121 Å². The van der Waals surface area contributed by atoms with Crippen LogP contribution in [0.5, 0.6) is 0 Å². The van der Waals surface area contributed by atoms with E-state index in [2.05, 4.69) is 20.8 Å². The lowest BCUT2D eigenvalue weighted by Crippen LogP contribution is -2.30. The van der Waals surface area contributed by atoms with Crippen molar-refractivity contribution in [3.8, 4) is 0 Å². The van der Waals surface area contributed by atoms with Crippen LogP contribution in [0.25, 0.3) is 0 Å². The summed E-state index contributed by atoms with van der Waals surface area (Å²) in [4.78, 5) is 23.8. The normalized spacial score (nSPS) is 17.0. The summed E-state index contributed by atoms with van der Waals surface area (Å²) in [5, 5.41) is 12.0. The van der Waals surface area contributed by atoms with E-state index in [4.69, 9.17) is 0 Å². The van der Waals surface area contributed by atoms with Crippen LogP contribution in [0.1, 0.15) is 18.4 Å². The van der Waals surface area contributed by atoms with Crippen LogP contribution in [0.4, 0.5) is 11.4 Å². The fraction of sp³-hybridized carbons (Fsp3) is 0.267. The van der Waals surface area contributed by atoms with E-state index in [1.165, 1.54) is 0 Å². The zero-order valence-corrected chi connectivity index (χ0v) is 11.4. The summed E-state index contributed by atoms with van der Waals surface area (Å²) in [6, 6.07) is 7.76. The highest BCUT2D eigenvalue weighted by Crippen LogP contribution is 2.27. The number of benzene rings is 1. The van der Waals surface area contributed by atoms with Crippen molar-refractivity contribution in [1.82, 2.24) is 10.2 Å². The minimum absolute atomic E-state index is 0.00943. The molecule has 0 spiro atoms. The molecule has 2 amide bonds. The largest absolute Gasteiger partial charge is 0.326 e. The maximum atomic E-state index is 12.0. The van der Waals surface area contributed by atoms with Gasteiger partial charge >= 0.3 is 0 Å². The van der Waals surface area contributed by atoms with Gasteiger partial charge in [0.05, 0.1) is 11.9 Å². The SMILES string of the molecule is O=C(CCC1Cc2ccccc2NC1=O)Nc1cn[nH]c1. The molecule has 0 radical (unpaired) electrons. The molecule has 0 aliphatic carbocycles. The number of aromatic nitrogens is 2. The molecule has 1 aliphatic heterocycles. The highest BCUT2D eigenvalue weighted by atomic mass is 16.2. The van der Waals surface area contributed by atoms with Crippen LogP contribution in [0.2, 0.25) is 0 Å². The Balaban J connectivity index is 1.56. The molecule has 1 unspecified atom stereocenters. The second kappa shape index (κ2) is 5.78. The van der Waals surface area contributed by atoms with Gasteiger partial charge in [0, 0.05) is 24.2 Å². The summed E-state index contributed by atoms with van der Waals surface area (Å²) < 4.78 is 0. The first-order valence-electron chi connectivity index (χ1n) is 6.90. The highest BCUT2D eigenvalue weighted by molar-refractivity contribution is 5.96. The van der Waals surface area contributed by atoms with E-state index in [1.807, 2.05) is 24.3 Å². The summed E-state index contributed by atoms with van der Waals surface area (Å²) in [7, 11) is 0. The number of anilines is 2. The standard InChI is InChI=1S/C15H16N4O2/c20-14(18-12-8-16-17-9-12)6-5-11-7-10-3-1-2-4-13(10)19-15(11)21/h1-4,8-9,11H,5-7H2,(H,16,17)(H,18,20)(H,19,21). The van der Waals surface area contributed by atoms with Crippen molar-refractivity contribution in [1.29, 1.82) is 0 Å². The van der Waals surface area contributed by atoms with Gasteiger partial charge in [-0.1, -0.05) is 18.2 Å². The number of hydrogen-bond acceptors (Lipinski definition) is 3. The number of para-hydroxylation sites is 1. The molecule has 0 saturated heterocycles. The third-order valence-electron chi connectivity index (χ3n) is 3.61. The third kappa shape index (κ3) is 3.10. The van der Waals surface area contributed by atoms with Gasteiger partial charge in [0.2, 0.25) is 11.8 Å². The number of hydrogen-bond donors (Lipinski definition) is 3. The fourth-order valence-corrected chi connectivity index (χ4v) is 2.49. The summed E-state index contributed by atoms with van der Waals surface area (Å²) in [6.07, 6.45) is 4.68. The van der Waals surface area contributed by atoms with E-state index in [9.17, 15) is 9.59 Å². The number of fused-ring (bicyclic) bond motifs is 1. The third-order valence-corrected chi connectivity index (χ3v) is 3.61. The highest BCUT2D eigenvalue weighted by Gasteiger charge is 2.26. The molecule has 108 valence electrons. The molecule has 3 rings (SSSR count). The predicted octanol–water partition coefficient (Wildman–Crippen LogP) is 1.94. The molecule has 6 nitrogen and oxygen atoms in total. The Morgan fingerprint density at radius 2 is 2.24 bits per heavy atom. The minimum Gasteiger partial charge on any atom is -0.326 e. The van der Waals surface area contributed by atoms with Gasteiger partial charge in [0.1, 0.15) is 0 Å². The molecule has 0 saturated carbocycles. The van der Waals surface area contributed by atoms with Gasteiger partial charge in [-0.3, -0.25) is 14.7 Å². The topological polar surface area (TPSA) is 86.9 Å². The van der Waals surface area contributed by atoms with Crippen LogP contribution in [-0.2, 0) is 16.0 Å². The maximum Gasteiger partial charge on any atom is 0.227 e. The number of carbonyl (C=O) groups is 2. The molecule has 1 aliphatic rings. The first-order valence-corrected chi connectivity index (χ1v) is 6.90. The second-order valence-corrected chi connectivity index (χ2v) is 5.12.